The van der Waals surface area contributed by atoms with Crippen LogP contribution < -0.4 is 0 Å². The van der Waals surface area contributed by atoms with Crippen LogP contribution in [0, 0.1) is 0 Å². The number of carboxylic acid groups (broad SMARTS) is 1. The van der Waals surface area contributed by atoms with Crippen LogP contribution in [0.4, 0.5) is 0 Å². The Morgan fingerprint density at radius 1 is 1.57 bits per heavy atom. The fraction of sp³-hybridized carbons (Fsp3) is 0.900. The van der Waals surface area contributed by atoms with Crippen LogP contribution in [-0.4, -0.2) is 45.3 Å². The minimum Gasteiger partial charge on any atom is -0.481 e. The summed E-state index contributed by atoms with van der Waals surface area (Å²) >= 11 is 0. The molecule has 0 amide bonds. The number of hydrogen-bond donors (Lipinski definition) is 2. The first-order chi connectivity index (χ1) is 6.21. The lowest BCUT2D eigenvalue weighted by molar-refractivity contribution is -0.146. The number of aliphatic hydroxyl groups is 1. The number of hydrogen-bond acceptors (Lipinski definition) is 3. The molecule has 0 saturated carbocycles. The molecule has 2 N–H and O–H groups in total. The van der Waals surface area contributed by atoms with Crippen LogP contribution >= 0.6 is 0 Å². The van der Waals surface area contributed by atoms with Gasteiger partial charge in [0.05, 0.1) is 12.0 Å². The number of aliphatic carboxylic acids is 1. The smallest absolute Gasteiger partial charge is 0.306 e. The second-order valence-electron chi connectivity index (χ2n) is 4.83. The molecule has 0 bridgehead atoms. The molecule has 1 aliphatic heterocycles. The van der Waals surface area contributed by atoms with Crippen LogP contribution in [-0.2, 0) is 4.79 Å². The molecule has 2 unspecified atom stereocenters. The van der Waals surface area contributed by atoms with Gasteiger partial charge in [-0.25, -0.2) is 0 Å². The number of rotatable bonds is 2. The molecule has 4 nitrogen and oxygen atoms in total. The number of likely N-dealkylation sites (tertiary alicyclic amines) is 1. The van der Waals surface area contributed by atoms with E-state index in [9.17, 15) is 9.90 Å². The predicted octanol–water partition coefficient (Wildman–Crippen LogP) is 0.695. The van der Waals surface area contributed by atoms with Crippen molar-refractivity contribution in [2.24, 2.45) is 0 Å². The summed E-state index contributed by atoms with van der Waals surface area (Å²) in [5, 5.41) is 19.1. The highest BCUT2D eigenvalue weighted by Gasteiger charge is 2.54. The molecule has 2 atom stereocenters. The molecule has 1 fully saturated rings. The topological polar surface area (TPSA) is 60.8 Å². The summed E-state index contributed by atoms with van der Waals surface area (Å²) in [7, 11) is 1.92. The number of carboxylic acids is 1. The van der Waals surface area contributed by atoms with Gasteiger partial charge in [0.15, 0.2) is 0 Å². The average Bonchev–Trinajstić information content (AvgIpc) is 2.11. The van der Waals surface area contributed by atoms with Crippen LogP contribution in [0.25, 0.3) is 0 Å². The molecule has 1 aliphatic rings. The second-order valence-corrected chi connectivity index (χ2v) is 4.83. The maximum atomic E-state index is 10.7. The summed E-state index contributed by atoms with van der Waals surface area (Å²) in [5.41, 5.74) is -1.60. The highest BCUT2D eigenvalue weighted by Crippen LogP contribution is 2.42. The van der Waals surface area contributed by atoms with Gasteiger partial charge in [-0.05, 0) is 34.2 Å². The molecule has 0 aromatic heterocycles. The van der Waals surface area contributed by atoms with E-state index in [0.717, 1.165) is 0 Å². The quantitative estimate of drug-likeness (QED) is 0.690. The lowest BCUT2D eigenvalue weighted by Gasteiger charge is -2.39. The van der Waals surface area contributed by atoms with E-state index in [1.807, 2.05) is 32.7 Å². The molecule has 1 heterocycles. The van der Waals surface area contributed by atoms with Gasteiger partial charge in [-0.2, -0.15) is 0 Å². The summed E-state index contributed by atoms with van der Waals surface area (Å²) < 4.78 is 0. The SMILES string of the molecule is CC1CC(O)(CC(=O)O)C(C)(C)N1C. The Labute approximate surface area is 84.5 Å². The van der Waals surface area contributed by atoms with Crippen LogP contribution in [0.2, 0.25) is 0 Å². The molecular weight excluding hydrogens is 182 g/mol. The van der Waals surface area contributed by atoms with E-state index in [1.165, 1.54) is 0 Å². The van der Waals surface area contributed by atoms with Crippen molar-refractivity contribution in [3.63, 3.8) is 0 Å². The lowest BCUT2D eigenvalue weighted by Crippen LogP contribution is -2.53. The highest BCUT2D eigenvalue weighted by atomic mass is 16.4. The van der Waals surface area contributed by atoms with E-state index >= 15 is 0 Å². The Kier molecular flexibility index (Phi) is 2.63. The molecule has 4 heteroatoms. The first-order valence-electron chi connectivity index (χ1n) is 4.88. The van der Waals surface area contributed by atoms with E-state index in [-0.39, 0.29) is 12.5 Å². The van der Waals surface area contributed by atoms with E-state index in [4.69, 9.17) is 5.11 Å². The van der Waals surface area contributed by atoms with Crippen molar-refractivity contribution in [2.75, 3.05) is 7.05 Å². The zero-order valence-electron chi connectivity index (χ0n) is 9.24. The average molecular weight is 201 g/mol. The number of carbonyl (C=O) groups is 1. The summed E-state index contributed by atoms with van der Waals surface area (Å²) in [5.74, 6) is -0.942. The van der Waals surface area contributed by atoms with Crippen LogP contribution in [0.3, 0.4) is 0 Å². The Morgan fingerprint density at radius 2 is 2.07 bits per heavy atom. The summed E-state index contributed by atoms with van der Waals surface area (Å²) in [6, 6.07) is 0.217. The normalized spacial score (nSPS) is 37.4. The van der Waals surface area contributed by atoms with Crippen molar-refractivity contribution in [1.82, 2.24) is 4.90 Å². The van der Waals surface area contributed by atoms with Gasteiger partial charge in [0.2, 0.25) is 0 Å². The van der Waals surface area contributed by atoms with Crippen molar-refractivity contribution >= 4 is 5.97 Å². The van der Waals surface area contributed by atoms with Crippen molar-refractivity contribution in [3.8, 4) is 0 Å². The van der Waals surface area contributed by atoms with Crippen LogP contribution in [0.15, 0.2) is 0 Å². The van der Waals surface area contributed by atoms with Gasteiger partial charge >= 0.3 is 5.97 Å². The van der Waals surface area contributed by atoms with Gasteiger partial charge < -0.3 is 10.2 Å². The monoisotopic (exact) mass is 201 g/mol. The molecule has 0 radical (unpaired) electrons. The molecule has 0 aromatic carbocycles. The Balaban J connectivity index is 2.94. The minimum atomic E-state index is -1.12. The number of likely N-dealkylation sites (N-methyl/N-ethyl adjacent to an activating group) is 1. The molecule has 0 spiro atoms. The van der Waals surface area contributed by atoms with Crippen LogP contribution in [0.5, 0.6) is 0 Å². The summed E-state index contributed by atoms with van der Waals surface area (Å²) in [6.07, 6.45) is 0.331. The lowest BCUT2D eigenvalue weighted by atomic mass is 9.80. The minimum absolute atomic E-state index is 0.186. The van der Waals surface area contributed by atoms with E-state index in [2.05, 4.69) is 0 Å². The standard InChI is InChI=1S/C10H19NO3/c1-7-5-10(14,6-8(12)13)9(2,3)11(7)4/h7,14H,5-6H2,1-4H3,(H,12,13). The molecule has 0 aromatic rings. The molecule has 1 saturated heterocycles. The molecule has 14 heavy (non-hydrogen) atoms. The Bertz CT molecular complexity index is 252. The van der Waals surface area contributed by atoms with Gasteiger partial charge in [0.25, 0.3) is 0 Å². The fourth-order valence-corrected chi connectivity index (χ4v) is 2.29. The maximum Gasteiger partial charge on any atom is 0.306 e. The summed E-state index contributed by atoms with van der Waals surface area (Å²) in [6.45, 7) is 5.78. The van der Waals surface area contributed by atoms with Gasteiger partial charge in [0.1, 0.15) is 0 Å². The van der Waals surface area contributed by atoms with Crippen molar-refractivity contribution in [3.05, 3.63) is 0 Å². The third-order valence-electron chi connectivity index (χ3n) is 3.76. The highest BCUT2D eigenvalue weighted by molar-refractivity contribution is 5.68. The predicted molar refractivity (Wildman–Crippen MR) is 53.1 cm³/mol. The first kappa shape index (κ1) is 11.5. The van der Waals surface area contributed by atoms with Gasteiger partial charge in [-0.3, -0.25) is 9.69 Å². The molecular formula is C10H19NO3. The third-order valence-corrected chi connectivity index (χ3v) is 3.76. The van der Waals surface area contributed by atoms with E-state index in [0.29, 0.717) is 6.42 Å². The zero-order chi connectivity index (χ0) is 11.1. The van der Waals surface area contributed by atoms with Gasteiger partial charge in [-0.15, -0.1) is 0 Å². The van der Waals surface area contributed by atoms with E-state index < -0.39 is 17.1 Å². The fourth-order valence-electron chi connectivity index (χ4n) is 2.29. The Hall–Kier alpha value is -0.610. The molecule has 1 rings (SSSR count). The zero-order valence-corrected chi connectivity index (χ0v) is 9.24. The maximum absolute atomic E-state index is 10.7. The van der Waals surface area contributed by atoms with Gasteiger partial charge in [-0.1, -0.05) is 0 Å². The number of nitrogens with zero attached hydrogens (tertiary/aromatic N) is 1. The third kappa shape index (κ3) is 1.53. The Morgan fingerprint density at radius 3 is 2.36 bits per heavy atom. The van der Waals surface area contributed by atoms with Crippen molar-refractivity contribution in [2.45, 2.75) is 50.8 Å². The summed E-state index contributed by atoms with van der Waals surface area (Å²) in [4.78, 5) is 12.7. The van der Waals surface area contributed by atoms with Crippen LogP contribution in [0.1, 0.15) is 33.6 Å². The van der Waals surface area contributed by atoms with Gasteiger partial charge in [0, 0.05) is 11.6 Å². The van der Waals surface area contributed by atoms with E-state index in [1.54, 1.807) is 0 Å². The molecule has 82 valence electrons. The van der Waals surface area contributed by atoms with Crippen molar-refractivity contribution in [1.29, 1.82) is 0 Å². The first-order valence-corrected chi connectivity index (χ1v) is 4.88. The second kappa shape index (κ2) is 3.21. The molecule has 0 aliphatic carbocycles. The van der Waals surface area contributed by atoms with Crippen molar-refractivity contribution < 1.29 is 15.0 Å². The largest absolute Gasteiger partial charge is 0.481 e.